The standard InChI is InChI=1S/C22H25N3O2S2/c1-15-7-9-20(28-15)18(26)8-10-21(27)25-13-11-24(12-14-25)16(2)22-23-17-5-3-4-6-19(17)29-22/h3-7,9,16H,8,10-14H2,1-2H3. The molecule has 7 heteroatoms. The monoisotopic (exact) mass is 427 g/mol. The molecule has 1 aliphatic heterocycles. The number of aromatic nitrogens is 1. The van der Waals surface area contributed by atoms with Crippen molar-refractivity contribution in [1.82, 2.24) is 14.8 Å². The summed E-state index contributed by atoms with van der Waals surface area (Å²) in [5.41, 5.74) is 1.05. The Morgan fingerprint density at radius 2 is 1.79 bits per heavy atom. The van der Waals surface area contributed by atoms with Crippen LogP contribution >= 0.6 is 22.7 Å². The van der Waals surface area contributed by atoms with Gasteiger partial charge < -0.3 is 4.90 Å². The van der Waals surface area contributed by atoms with Gasteiger partial charge >= 0.3 is 0 Å². The lowest BCUT2D eigenvalue weighted by atomic mass is 10.1. The smallest absolute Gasteiger partial charge is 0.223 e. The van der Waals surface area contributed by atoms with Gasteiger partial charge in [-0.1, -0.05) is 12.1 Å². The maximum Gasteiger partial charge on any atom is 0.223 e. The number of hydrogen-bond acceptors (Lipinski definition) is 6. The van der Waals surface area contributed by atoms with Crippen molar-refractivity contribution in [3.63, 3.8) is 0 Å². The molecule has 1 saturated heterocycles. The van der Waals surface area contributed by atoms with Gasteiger partial charge in [-0.3, -0.25) is 14.5 Å². The quantitative estimate of drug-likeness (QED) is 0.542. The number of thiophene rings is 1. The van der Waals surface area contributed by atoms with Gasteiger partial charge in [0.2, 0.25) is 5.91 Å². The Hall–Kier alpha value is -2.09. The van der Waals surface area contributed by atoms with E-state index in [4.69, 9.17) is 4.98 Å². The molecule has 1 unspecified atom stereocenters. The summed E-state index contributed by atoms with van der Waals surface area (Å²) in [6.45, 7) is 7.26. The number of benzene rings is 1. The van der Waals surface area contributed by atoms with Crippen molar-refractivity contribution < 1.29 is 9.59 Å². The summed E-state index contributed by atoms with van der Waals surface area (Å²) >= 11 is 3.25. The third-order valence-corrected chi connectivity index (χ3v) is 7.71. The number of amides is 1. The molecule has 0 N–H and O–H groups in total. The molecular weight excluding hydrogens is 402 g/mol. The van der Waals surface area contributed by atoms with E-state index in [9.17, 15) is 9.59 Å². The van der Waals surface area contributed by atoms with E-state index >= 15 is 0 Å². The molecule has 3 heterocycles. The highest BCUT2D eigenvalue weighted by atomic mass is 32.1. The summed E-state index contributed by atoms with van der Waals surface area (Å²) in [4.78, 5) is 35.7. The second-order valence-corrected chi connectivity index (χ2v) is 9.80. The van der Waals surface area contributed by atoms with Crippen LogP contribution in [0, 0.1) is 6.92 Å². The average molecular weight is 428 g/mol. The Morgan fingerprint density at radius 1 is 1.03 bits per heavy atom. The number of hydrogen-bond donors (Lipinski definition) is 0. The molecular formula is C22H25N3O2S2. The highest BCUT2D eigenvalue weighted by molar-refractivity contribution is 7.18. The van der Waals surface area contributed by atoms with E-state index in [0.29, 0.717) is 25.9 Å². The van der Waals surface area contributed by atoms with Gasteiger partial charge in [0.1, 0.15) is 5.01 Å². The number of aryl methyl sites for hydroxylation is 1. The van der Waals surface area contributed by atoms with E-state index in [1.807, 2.05) is 36.1 Å². The Bertz CT molecular complexity index is 985. The fraction of sp³-hybridized carbons (Fsp3) is 0.409. The molecule has 152 valence electrons. The lowest BCUT2D eigenvalue weighted by Crippen LogP contribution is -2.49. The number of rotatable bonds is 6. The van der Waals surface area contributed by atoms with Crippen molar-refractivity contribution in [1.29, 1.82) is 0 Å². The molecule has 0 spiro atoms. The zero-order valence-corrected chi connectivity index (χ0v) is 18.4. The van der Waals surface area contributed by atoms with Crippen LogP contribution in [0.2, 0.25) is 0 Å². The van der Waals surface area contributed by atoms with Crippen molar-refractivity contribution in [2.75, 3.05) is 26.2 Å². The van der Waals surface area contributed by atoms with Crippen LogP contribution in [-0.4, -0.2) is 52.7 Å². The number of piperazine rings is 1. The molecule has 29 heavy (non-hydrogen) atoms. The molecule has 4 rings (SSSR count). The van der Waals surface area contributed by atoms with Gasteiger partial charge in [0, 0.05) is 43.9 Å². The topological polar surface area (TPSA) is 53.5 Å². The number of thiazole rings is 1. The normalized spacial score (nSPS) is 16.3. The Balaban J connectivity index is 1.28. The van der Waals surface area contributed by atoms with Gasteiger partial charge in [0.25, 0.3) is 0 Å². The van der Waals surface area contributed by atoms with Gasteiger partial charge in [-0.05, 0) is 38.1 Å². The number of carbonyl (C=O) groups excluding carboxylic acids is 2. The molecule has 0 bridgehead atoms. The first-order chi connectivity index (χ1) is 14.0. The number of ketones is 1. The van der Waals surface area contributed by atoms with Crippen molar-refractivity contribution >= 4 is 44.6 Å². The molecule has 3 aromatic rings. The predicted octanol–water partition coefficient (Wildman–Crippen LogP) is 4.53. The van der Waals surface area contributed by atoms with Gasteiger partial charge in [-0.25, -0.2) is 4.98 Å². The van der Waals surface area contributed by atoms with E-state index in [0.717, 1.165) is 33.4 Å². The van der Waals surface area contributed by atoms with Crippen LogP contribution in [0.1, 0.15) is 45.4 Å². The molecule has 5 nitrogen and oxygen atoms in total. The second kappa shape index (κ2) is 8.73. The van der Waals surface area contributed by atoms with Crippen LogP contribution in [0.4, 0.5) is 0 Å². The van der Waals surface area contributed by atoms with Crippen LogP contribution in [0.25, 0.3) is 10.2 Å². The highest BCUT2D eigenvalue weighted by Gasteiger charge is 2.26. The van der Waals surface area contributed by atoms with E-state index in [1.54, 1.807) is 11.3 Å². The van der Waals surface area contributed by atoms with Gasteiger partial charge in [0.05, 0.1) is 21.1 Å². The second-order valence-electron chi connectivity index (χ2n) is 7.45. The third kappa shape index (κ3) is 4.57. The Morgan fingerprint density at radius 3 is 2.48 bits per heavy atom. The van der Waals surface area contributed by atoms with Crippen molar-refractivity contribution in [2.24, 2.45) is 0 Å². The van der Waals surface area contributed by atoms with E-state index in [2.05, 4.69) is 24.0 Å². The fourth-order valence-corrected chi connectivity index (χ4v) is 5.56. The lowest BCUT2D eigenvalue weighted by Gasteiger charge is -2.37. The summed E-state index contributed by atoms with van der Waals surface area (Å²) in [6.07, 6.45) is 0.588. The largest absolute Gasteiger partial charge is 0.340 e. The number of Topliss-reactive ketones (excluding diaryl/α,β-unsaturated/α-hetero) is 1. The molecule has 1 fully saturated rings. The summed E-state index contributed by atoms with van der Waals surface area (Å²) < 4.78 is 1.22. The zero-order chi connectivity index (χ0) is 20.4. The van der Waals surface area contributed by atoms with Crippen LogP contribution in [0.3, 0.4) is 0 Å². The van der Waals surface area contributed by atoms with Gasteiger partial charge in [-0.2, -0.15) is 0 Å². The highest BCUT2D eigenvalue weighted by Crippen LogP contribution is 2.30. The van der Waals surface area contributed by atoms with Crippen LogP contribution in [0.15, 0.2) is 36.4 Å². The molecule has 2 aromatic heterocycles. The molecule has 1 atom stereocenters. The van der Waals surface area contributed by atoms with Crippen LogP contribution < -0.4 is 0 Å². The first-order valence-corrected chi connectivity index (χ1v) is 11.6. The minimum atomic E-state index is 0.0690. The van der Waals surface area contributed by atoms with Crippen molar-refractivity contribution in [2.45, 2.75) is 32.7 Å². The summed E-state index contributed by atoms with van der Waals surface area (Å²) in [5.74, 6) is 0.151. The maximum absolute atomic E-state index is 12.6. The molecule has 1 aliphatic rings. The summed E-state index contributed by atoms with van der Waals surface area (Å²) in [6, 6.07) is 12.3. The number of fused-ring (bicyclic) bond motifs is 1. The molecule has 1 amide bonds. The Kier molecular flexibility index (Phi) is 6.08. The number of para-hydroxylation sites is 1. The first-order valence-electron chi connectivity index (χ1n) is 9.98. The first kappa shape index (κ1) is 20.2. The van der Waals surface area contributed by atoms with Gasteiger partial charge in [0.15, 0.2) is 5.78 Å². The minimum Gasteiger partial charge on any atom is -0.340 e. The van der Waals surface area contributed by atoms with E-state index < -0.39 is 0 Å². The molecule has 0 radical (unpaired) electrons. The van der Waals surface area contributed by atoms with Crippen LogP contribution in [-0.2, 0) is 4.79 Å². The summed E-state index contributed by atoms with van der Waals surface area (Å²) in [7, 11) is 0. The molecule has 1 aromatic carbocycles. The average Bonchev–Trinajstić information content (AvgIpc) is 3.37. The lowest BCUT2D eigenvalue weighted by molar-refractivity contribution is -0.133. The van der Waals surface area contributed by atoms with Crippen LogP contribution in [0.5, 0.6) is 0 Å². The molecule has 0 aliphatic carbocycles. The SMILES string of the molecule is Cc1ccc(C(=O)CCC(=O)N2CCN(C(C)c3nc4ccccc4s3)CC2)s1. The summed E-state index contributed by atoms with van der Waals surface area (Å²) in [5, 5.41) is 1.13. The molecule has 0 saturated carbocycles. The Labute approximate surface area is 179 Å². The predicted molar refractivity (Wildman–Crippen MR) is 119 cm³/mol. The fourth-order valence-electron chi connectivity index (χ4n) is 3.67. The third-order valence-electron chi connectivity index (χ3n) is 5.46. The van der Waals surface area contributed by atoms with Crippen molar-refractivity contribution in [3.05, 3.63) is 51.2 Å². The number of carbonyl (C=O) groups is 2. The van der Waals surface area contributed by atoms with Crippen molar-refractivity contribution in [3.8, 4) is 0 Å². The zero-order valence-electron chi connectivity index (χ0n) is 16.8. The van der Waals surface area contributed by atoms with E-state index in [1.165, 1.54) is 16.0 Å². The minimum absolute atomic E-state index is 0.0690. The van der Waals surface area contributed by atoms with Gasteiger partial charge in [-0.15, -0.1) is 22.7 Å². The van der Waals surface area contributed by atoms with E-state index in [-0.39, 0.29) is 17.7 Å². The maximum atomic E-state index is 12.6. The number of nitrogens with zero attached hydrogens (tertiary/aromatic N) is 3.